The Kier molecular flexibility index (Phi) is 2.69. The van der Waals surface area contributed by atoms with Gasteiger partial charge in [-0.05, 0) is 24.3 Å². The van der Waals surface area contributed by atoms with Crippen molar-refractivity contribution in [2.24, 2.45) is 0 Å². The average Bonchev–Trinajstić information content (AvgIpc) is 2.63. The first-order valence-corrected chi connectivity index (χ1v) is 5.91. The van der Waals surface area contributed by atoms with Crippen molar-refractivity contribution in [2.75, 3.05) is 11.1 Å². The van der Waals surface area contributed by atoms with E-state index in [1.807, 2.05) is 0 Å². The molecule has 0 amide bonds. The van der Waals surface area contributed by atoms with Gasteiger partial charge < -0.3 is 11.1 Å². The Hall–Kier alpha value is -2.13. The van der Waals surface area contributed by atoms with Gasteiger partial charge in [-0.2, -0.15) is 13.4 Å². The maximum atomic E-state index is 10.8. The van der Waals surface area contributed by atoms with Gasteiger partial charge in [-0.15, -0.1) is 5.10 Å². The number of aromatic amines is 1. The molecule has 0 spiro atoms. The summed E-state index contributed by atoms with van der Waals surface area (Å²) in [6, 6.07) is 5.45. The van der Waals surface area contributed by atoms with Crippen LogP contribution in [0.25, 0.3) is 0 Å². The van der Waals surface area contributed by atoms with Crippen LogP contribution in [0.5, 0.6) is 0 Å². The Labute approximate surface area is 96.6 Å². The summed E-state index contributed by atoms with van der Waals surface area (Å²) in [6.07, 6.45) is 0. The van der Waals surface area contributed by atoms with E-state index in [1.165, 1.54) is 24.3 Å². The summed E-state index contributed by atoms with van der Waals surface area (Å²) in [6.45, 7) is 0. The molecule has 0 fully saturated rings. The van der Waals surface area contributed by atoms with Crippen LogP contribution >= 0.6 is 0 Å². The molecule has 0 aliphatic rings. The van der Waals surface area contributed by atoms with E-state index >= 15 is 0 Å². The predicted molar refractivity (Wildman–Crippen MR) is 60.3 cm³/mol. The van der Waals surface area contributed by atoms with Gasteiger partial charge in [0.25, 0.3) is 10.1 Å². The normalized spacial score (nSPS) is 11.4. The highest BCUT2D eigenvalue weighted by Crippen LogP contribution is 2.16. The number of nitrogens with one attached hydrogen (secondary N) is 2. The lowest BCUT2D eigenvalue weighted by Crippen LogP contribution is -1.98. The predicted octanol–water partition coefficient (Wildman–Crippen LogP) is 0.377. The Morgan fingerprint density at radius 3 is 2.41 bits per heavy atom. The van der Waals surface area contributed by atoms with Crippen molar-refractivity contribution in [1.82, 2.24) is 15.2 Å². The quantitative estimate of drug-likeness (QED) is 0.582. The van der Waals surface area contributed by atoms with Gasteiger partial charge in [0.1, 0.15) is 0 Å². The van der Waals surface area contributed by atoms with Crippen LogP contribution in [-0.2, 0) is 10.1 Å². The zero-order valence-corrected chi connectivity index (χ0v) is 9.27. The smallest absolute Gasteiger partial charge is 0.294 e. The number of hydrogen-bond donors (Lipinski definition) is 4. The molecule has 0 aliphatic carbocycles. The average molecular weight is 255 g/mol. The van der Waals surface area contributed by atoms with Crippen molar-refractivity contribution < 1.29 is 13.0 Å². The number of hydrogen-bond acceptors (Lipinski definition) is 6. The van der Waals surface area contributed by atoms with E-state index in [-0.39, 0.29) is 16.8 Å². The summed E-state index contributed by atoms with van der Waals surface area (Å²) in [5.74, 6) is 0.434. The number of anilines is 3. The van der Waals surface area contributed by atoms with Gasteiger partial charge in [-0.3, -0.25) is 4.55 Å². The third-order valence-electron chi connectivity index (χ3n) is 1.91. The molecule has 1 aromatic carbocycles. The Balaban J connectivity index is 2.19. The molecule has 2 aromatic rings. The second kappa shape index (κ2) is 4.03. The van der Waals surface area contributed by atoms with E-state index < -0.39 is 10.1 Å². The van der Waals surface area contributed by atoms with Crippen molar-refractivity contribution >= 4 is 27.7 Å². The molecule has 0 unspecified atom stereocenters. The van der Waals surface area contributed by atoms with Crippen LogP contribution in [0, 0.1) is 0 Å². The van der Waals surface area contributed by atoms with E-state index in [9.17, 15) is 8.42 Å². The van der Waals surface area contributed by atoms with E-state index in [0.29, 0.717) is 5.69 Å². The zero-order valence-electron chi connectivity index (χ0n) is 8.45. The Morgan fingerprint density at radius 1 is 1.29 bits per heavy atom. The number of nitrogens with zero attached hydrogens (tertiary/aromatic N) is 2. The van der Waals surface area contributed by atoms with Crippen LogP contribution < -0.4 is 11.1 Å². The maximum absolute atomic E-state index is 10.8. The van der Waals surface area contributed by atoms with Gasteiger partial charge in [-0.1, -0.05) is 0 Å². The molecule has 0 saturated heterocycles. The van der Waals surface area contributed by atoms with Gasteiger partial charge >= 0.3 is 0 Å². The highest BCUT2D eigenvalue weighted by atomic mass is 32.2. The summed E-state index contributed by atoms with van der Waals surface area (Å²) in [7, 11) is -4.17. The number of benzene rings is 1. The zero-order chi connectivity index (χ0) is 12.5. The van der Waals surface area contributed by atoms with E-state index in [2.05, 4.69) is 20.5 Å². The van der Waals surface area contributed by atoms with Crippen molar-refractivity contribution in [3.05, 3.63) is 24.3 Å². The molecule has 9 heteroatoms. The lowest BCUT2D eigenvalue weighted by molar-refractivity contribution is 0.483. The topological polar surface area (TPSA) is 134 Å². The highest BCUT2D eigenvalue weighted by molar-refractivity contribution is 7.85. The largest absolute Gasteiger partial charge is 0.368 e. The van der Waals surface area contributed by atoms with Crippen LogP contribution in [0.4, 0.5) is 17.6 Å². The summed E-state index contributed by atoms with van der Waals surface area (Å²) in [5.41, 5.74) is 5.90. The molecule has 0 atom stereocenters. The Bertz CT molecular complexity index is 619. The third kappa shape index (κ3) is 2.71. The first-order valence-electron chi connectivity index (χ1n) is 4.47. The number of H-pyrrole nitrogens is 1. The van der Waals surface area contributed by atoms with Crippen molar-refractivity contribution in [3.8, 4) is 0 Å². The van der Waals surface area contributed by atoms with Gasteiger partial charge in [0.2, 0.25) is 11.9 Å². The summed E-state index contributed by atoms with van der Waals surface area (Å²) in [5, 5.41) is 8.98. The monoisotopic (exact) mass is 255 g/mol. The van der Waals surface area contributed by atoms with Crippen molar-refractivity contribution in [2.45, 2.75) is 4.90 Å². The molecule has 0 aliphatic heterocycles. The minimum Gasteiger partial charge on any atom is -0.368 e. The fourth-order valence-corrected chi connectivity index (χ4v) is 1.65. The first kappa shape index (κ1) is 11.4. The summed E-state index contributed by atoms with van der Waals surface area (Å²) < 4.78 is 30.4. The van der Waals surface area contributed by atoms with Gasteiger partial charge in [0.15, 0.2) is 0 Å². The molecule has 17 heavy (non-hydrogen) atoms. The maximum Gasteiger partial charge on any atom is 0.294 e. The molecule has 1 heterocycles. The Morgan fingerprint density at radius 2 is 1.94 bits per heavy atom. The highest BCUT2D eigenvalue weighted by Gasteiger charge is 2.08. The van der Waals surface area contributed by atoms with Crippen LogP contribution in [0.1, 0.15) is 0 Å². The van der Waals surface area contributed by atoms with Gasteiger partial charge in [0.05, 0.1) is 4.90 Å². The van der Waals surface area contributed by atoms with E-state index in [4.69, 9.17) is 10.3 Å². The molecule has 0 bridgehead atoms. The van der Waals surface area contributed by atoms with Gasteiger partial charge in [0, 0.05) is 5.69 Å². The number of rotatable bonds is 3. The minimum atomic E-state index is -4.17. The van der Waals surface area contributed by atoms with Crippen LogP contribution in [0.2, 0.25) is 0 Å². The first-order chi connectivity index (χ1) is 7.95. The standard InChI is InChI=1S/C8H9N5O3S/c9-7-11-8(13-12-7)10-5-1-3-6(4-2-5)17(14,15)16/h1-4H,(H,14,15,16)(H4,9,10,11,12,13). The number of nitrogen functional groups attached to an aromatic ring is 1. The van der Waals surface area contributed by atoms with E-state index in [0.717, 1.165) is 0 Å². The van der Waals surface area contributed by atoms with E-state index in [1.54, 1.807) is 0 Å². The van der Waals surface area contributed by atoms with Crippen molar-refractivity contribution in [1.29, 1.82) is 0 Å². The summed E-state index contributed by atoms with van der Waals surface area (Å²) >= 11 is 0. The van der Waals surface area contributed by atoms with Crippen LogP contribution in [0.15, 0.2) is 29.2 Å². The molecule has 2 rings (SSSR count). The molecule has 8 nitrogen and oxygen atoms in total. The van der Waals surface area contributed by atoms with Crippen LogP contribution in [0.3, 0.4) is 0 Å². The lowest BCUT2D eigenvalue weighted by Gasteiger charge is -2.02. The SMILES string of the molecule is Nc1nc(Nc2ccc(S(=O)(=O)O)cc2)n[nH]1. The molecule has 90 valence electrons. The second-order valence-electron chi connectivity index (χ2n) is 3.17. The second-order valence-corrected chi connectivity index (χ2v) is 4.59. The molecule has 1 aromatic heterocycles. The lowest BCUT2D eigenvalue weighted by atomic mass is 10.3. The molecule has 0 saturated carbocycles. The number of aromatic nitrogens is 3. The molecular weight excluding hydrogens is 246 g/mol. The molecular formula is C8H9N5O3S. The summed E-state index contributed by atoms with van der Waals surface area (Å²) in [4.78, 5) is 3.63. The molecule has 0 radical (unpaired) electrons. The van der Waals surface area contributed by atoms with Crippen molar-refractivity contribution in [3.63, 3.8) is 0 Å². The minimum absolute atomic E-state index is 0.169. The third-order valence-corrected chi connectivity index (χ3v) is 2.78. The van der Waals surface area contributed by atoms with Crippen LogP contribution in [-0.4, -0.2) is 28.2 Å². The number of nitrogens with two attached hydrogens (primary N) is 1. The molecule has 5 N–H and O–H groups in total. The van der Waals surface area contributed by atoms with Gasteiger partial charge in [-0.25, -0.2) is 5.10 Å². The fourth-order valence-electron chi connectivity index (χ4n) is 1.17. The fraction of sp³-hybridized carbons (Fsp3) is 0.